The maximum atomic E-state index is 12.5. The predicted molar refractivity (Wildman–Crippen MR) is 174 cm³/mol. The van der Waals surface area contributed by atoms with Crippen LogP contribution in [-0.2, 0) is 33.6 Å². The Morgan fingerprint density at radius 1 is 0.354 bits per heavy atom. The zero-order valence-corrected chi connectivity index (χ0v) is 27.9. The number of unbranched alkanes of at least 4 members (excludes halogenated alkanes) is 9. The van der Waals surface area contributed by atoms with Gasteiger partial charge in [0.1, 0.15) is 0 Å². The van der Waals surface area contributed by atoms with E-state index in [-0.39, 0.29) is 58.0 Å². The molecule has 0 saturated heterocycles. The normalized spacial score (nSPS) is 11.1. The molecule has 0 aromatic heterocycles. The highest BCUT2D eigenvalue weighted by Gasteiger charge is 2.20. The second-order valence-corrected chi connectivity index (χ2v) is 11.8. The van der Waals surface area contributed by atoms with Crippen LogP contribution in [0.15, 0.2) is 0 Å². The summed E-state index contributed by atoms with van der Waals surface area (Å²) in [6, 6.07) is 0. The largest absolute Gasteiger partial charge is 0.481 e. The molecule has 0 atom stereocenters. The molecular weight excluding hydrogens is 634 g/mol. The summed E-state index contributed by atoms with van der Waals surface area (Å²) in [7, 11) is 0. The highest BCUT2D eigenvalue weighted by atomic mass is 16.4. The first-order valence-electron chi connectivity index (χ1n) is 16.6. The van der Waals surface area contributed by atoms with Crippen LogP contribution < -0.4 is 10.6 Å². The van der Waals surface area contributed by atoms with Crippen molar-refractivity contribution in [2.24, 2.45) is 0 Å². The topological polar surface area (TPSA) is 254 Å². The number of aliphatic carboxylic acids is 5. The van der Waals surface area contributed by atoms with Gasteiger partial charge in [-0.3, -0.25) is 48.3 Å². The molecule has 0 aliphatic heterocycles. The summed E-state index contributed by atoms with van der Waals surface area (Å²) in [4.78, 5) is 84.5. The molecule has 0 aromatic carbocycles. The summed E-state index contributed by atoms with van der Waals surface area (Å²) < 4.78 is 0. The van der Waals surface area contributed by atoms with E-state index in [1.165, 1.54) is 14.7 Å². The second kappa shape index (κ2) is 28.2. The van der Waals surface area contributed by atoms with Gasteiger partial charge >= 0.3 is 29.8 Å². The van der Waals surface area contributed by atoms with Crippen molar-refractivity contribution in [3.05, 3.63) is 0 Å². The van der Waals surface area contributed by atoms with E-state index in [4.69, 9.17) is 10.2 Å². The molecular formula is C31H55N5O12. The third-order valence-electron chi connectivity index (χ3n) is 7.31. The number of carboxylic acid groups (broad SMARTS) is 5. The van der Waals surface area contributed by atoms with Gasteiger partial charge in [-0.05, 0) is 25.7 Å². The van der Waals surface area contributed by atoms with Crippen LogP contribution in [0.4, 0.5) is 0 Å². The van der Waals surface area contributed by atoms with E-state index in [9.17, 15) is 48.9 Å². The number of carboxylic acids is 5. The Bertz CT molecular complexity index is 997. The van der Waals surface area contributed by atoms with E-state index >= 15 is 0 Å². The molecule has 0 fully saturated rings. The van der Waals surface area contributed by atoms with Crippen molar-refractivity contribution in [2.75, 3.05) is 72.0 Å². The van der Waals surface area contributed by atoms with Crippen molar-refractivity contribution >= 4 is 41.7 Å². The average Bonchev–Trinajstić information content (AvgIpc) is 2.97. The van der Waals surface area contributed by atoms with Gasteiger partial charge in [0.05, 0.1) is 32.7 Å². The molecule has 0 spiro atoms. The van der Waals surface area contributed by atoms with Crippen LogP contribution in [0.5, 0.6) is 0 Å². The quantitative estimate of drug-likeness (QED) is 0.0466. The van der Waals surface area contributed by atoms with E-state index in [0.717, 1.165) is 44.9 Å². The second-order valence-electron chi connectivity index (χ2n) is 11.8. The first kappa shape index (κ1) is 44.2. The molecule has 0 aromatic rings. The fraction of sp³-hybridized carbons (Fsp3) is 0.774. The predicted octanol–water partition coefficient (Wildman–Crippen LogP) is 0.619. The van der Waals surface area contributed by atoms with E-state index in [0.29, 0.717) is 38.8 Å². The Balaban J connectivity index is 4.71. The lowest BCUT2D eigenvalue weighted by atomic mass is 10.1. The summed E-state index contributed by atoms with van der Waals surface area (Å²) in [5, 5.41) is 50.8. The third-order valence-corrected chi connectivity index (χ3v) is 7.31. The van der Waals surface area contributed by atoms with Gasteiger partial charge < -0.3 is 36.2 Å². The molecule has 0 aliphatic carbocycles. The van der Waals surface area contributed by atoms with Crippen molar-refractivity contribution in [1.82, 2.24) is 25.3 Å². The molecule has 2 amide bonds. The van der Waals surface area contributed by atoms with Gasteiger partial charge in [-0.25, -0.2) is 0 Å². The van der Waals surface area contributed by atoms with Gasteiger partial charge in [0.2, 0.25) is 11.8 Å². The van der Waals surface area contributed by atoms with E-state index in [2.05, 4.69) is 10.6 Å². The third kappa shape index (κ3) is 29.6. The highest BCUT2D eigenvalue weighted by Crippen LogP contribution is 2.09. The minimum atomic E-state index is -1.18. The smallest absolute Gasteiger partial charge is 0.317 e. The van der Waals surface area contributed by atoms with E-state index in [1.807, 2.05) is 0 Å². The van der Waals surface area contributed by atoms with Crippen LogP contribution in [0, 0.1) is 0 Å². The Hall–Kier alpha value is -3.83. The summed E-state index contributed by atoms with van der Waals surface area (Å²) in [6.45, 7) is -0.806. The van der Waals surface area contributed by atoms with Crippen molar-refractivity contribution in [3.63, 3.8) is 0 Å². The van der Waals surface area contributed by atoms with Gasteiger partial charge in [0.25, 0.3) is 0 Å². The minimum Gasteiger partial charge on any atom is -0.481 e. The van der Waals surface area contributed by atoms with Crippen LogP contribution >= 0.6 is 0 Å². The Kier molecular flexibility index (Phi) is 26.0. The fourth-order valence-electron chi connectivity index (χ4n) is 4.85. The number of carbonyl (C=O) groups excluding carboxylic acids is 2. The van der Waals surface area contributed by atoms with Crippen molar-refractivity contribution in [1.29, 1.82) is 0 Å². The molecule has 0 aliphatic rings. The molecule has 17 nitrogen and oxygen atoms in total. The van der Waals surface area contributed by atoms with Gasteiger partial charge in [-0.2, -0.15) is 0 Å². The molecule has 0 saturated carbocycles. The number of amides is 2. The maximum absolute atomic E-state index is 12.5. The monoisotopic (exact) mass is 689 g/mol. The maximum Gasteiger partial charge on any atom is 0.317 e. The zero-order valence-electron chi connectivity index (χ0n) is 27.9. The number of hydrogen-bond donors (Lipinski definition) is 7. The number of nitrogens with zero attached hydrogens (tertiary/aromatic N) is 3. The lowest BCUT2D eigenvalue weighted by molar-refractivity contribution is -0.141. The molecule has 0 radical (unpaired) electrons. The molecule has 0 unspecified atom stereocenters. The summed E-state index contributed by atoms with van der Waals surface area (Å²) in [5.41, 5.74) is 0. The van der Waals surface area contributed by atoms with E-state index in [1.54, 1.807) is 0 Å². The highest BCUT2D eigenvalue weighted by molar-refractivity contribution is 5.79. The minimum absolute atomic E-state index is 0.0375. The Morgan fingerprint density at radius 2 is 0.646 bits per heavy atom. The molecule has 276 valence electrons. The van der Waals surface area contributed by atoms with Gasteiger partial charge in [-0.15, -0.1) is 0 Å². The van der Waals surface area contributed by atoms with Gasteiger partial charge in [-0.1, -0.05) is 44.9 Å². The van der Waals surface area contributed by atoms with Crippen LogP contribution in [0.2, 0.25) is 0 Å². The van der Waals surface area contributed by atoms with Crippen molar-refractivity contribution in [3.8, 4) is 0 Å². The first-order chi connectivity index (χ1) is 22.8. The molecule has 0 rings (SSSR count). The number of nitrogens with one attached hydrogen (secondary N) is 2. The lowest BCUT2D eigenvalue weighted by Gasteiger charge is -2.28. The number of hydrogen-bond acceptors (Lipinski definition) is 10. The lowest BCUT2D eigenvalue weighted by Crippen LogP contribution is -2.47. The molecule has 0 bridgehead atoms. The van der Waals surface area contributed by atoms with Gasteiger partial charge in [0.15, 0.2) is 0 Å². The van der Waals surface area contributed by atoms with Crippen molar-refractivity contribution < 1.29 is 59.1 Å². The van der Waals surface area contributed by atoms with Crippen LogP contribution in [0.3, 0.4) is 0 Å². The standard InChI is InChI=1S/C31H55N5O12/c37-25(32-14-10-6-4-2-1-3-5-8-12-27(39)40)20-35(23-30(45)46)18-16-34(22-29(43)44)17-19-36(24-31(47)48)21-26(38)33-15-11-7-9-13-28(41)42/h1-24H2,(H,32,37)(H,33,38)(H,39,40)(H,41,42)(H,43,44)(H,45,46)(H,47,48). The van der Waals surface area contributed by atoms with Crippen LogP contribution in [-0.4, -0.2) is 154 Å². The molecule has 7 N–H and O–H groups in total. The Labute approximate surface area is 281 Å². The number of rotatable bonds is 33. The SMILES string of the molecule is O=C(O)CCCCCCCCCCNC(=O)CN(CCN(CCN(CC(=O)O)CC(=O)NCCCCCC(=O)O)CC(=O)O)CC(=O)O. The van der Waals surface area contributed by atoms with Crippen LogP contribution in [0.25, 0.3) is 0 Å². The number of carbonyl (C=O) groups is 7. The van der Waals surface area contributed by atoms with Crippen molar-refractivity contribution in [2.45, 2.75) is 83.5 Å². The molecule has 17 heteroatoms. The fourth-order valence-corrected chi connectivity index (χ4v) is 4.85. The van der Waals surface area contributed by atoms with E-state index < -0.39 is 55.4 Å². The van der Waals surface area contributed by atoms with Gasteiger partial charge in [0, 0.05) is 52.1 Å². The summed E-state index contributed by atoms with van der Waals surface area (Å²) in [6.07, 6.45) is 9.17. The Morgan fingerprint density at radius 3 is 1.00 bits per heavy atom. The average molecular weight is 690 g/mol. The first-order valence-corrected chi connectivity index (χ1v) is 16.6. The van der Waals surface area contributed by atoms with Crippen LogP contribution in [0.1, 0.15) is 83.5 Å². The molecule has 48 heavy (non-hydrogen) atoms. The summed E-state index contributed by atoms with van der Waals surface area (Å²) >= 11 is 0. The molecule has 0 heterocycles. The summed E-state index contributed by atoms with van der Waals surface area (Å²) in [5.74, 6) is -5.94. The zero-order chi connectivity index (χ0) is 36.2.